The Bertz CT molecular complexity index is 1040. The molecular weight excluding hydrogens is 305 g/mol. The second kappa shape index (κ2) is 5.42. The maximum atomic E-state index is 13.0. The van der Waals surface area contributed by atoms with E-state index in [0.29, 0.717) is 17.2 Å². The summed E-state index contributed by atoms with van der Waals surface area (Å²) in [4.78, 5) is 12.7. The van der Waals surface area contributed by atoms with Crippen LogP contribution in [0.4, 0.5) is 10.2 Å². The van der Waals surface area contributed by atoms with Crippen molar-refractivity contribution >= 4 is 11.3 Å². The molecule has 2 N–H and O–H groups in total. The Balaban J connectivity index is 1.87. The highest BCUT2D eigenvalue weighted by Crippen LogP contribution is 2.31. The smallest absolute Gasteiger partial charge is 0.141 e. The molecule has 0 aliphatic rings. The van der Waals surface area contributed by atoms with Gasteiger partial charge in [-0.3, -0.25) is 9.97 Å². The van der Waals surface area contributed by atoms with Gasteiger partial charge >= 0.3 is 0 Å². The van der Waals surface area contributed by atoms with Crippen molar-refractivity contribution in [3.63, 3.8) is 0 Å². The number of hydrogen-bond donors (Lipinski definition) is 1. The van der Waals surface area contributed by atoms with E-state index >= 15 is 0 Å². The normalized spacial score (nSPS) is 11.1. The molecule has 0 spiro atoms. The van der Waals surface area contributed by atoms with Crippen LogP contribution in [0.25, 0.3) is 28.0 Å². The summed E-state index contributed by atoms with van der Waals surface area (Å²) < 4.78 is 15.0. The van der Waals surface area contributed by atoms with Gasteiger partial charge in [0.25, 0.3) is 0 Å². The predicted octanol–water partition coefficient (Wildman–Crippen LogP) is 3.49. The molecule has 0 saturated heterocycles. The molecule has 4 aromatic rings. The summed E-state index contributed by atoms with van der Waals surface area (Å²) in [6, 6.07) is 6.79. The lowest BCUT2D eigenvalue weighted by Gasteiger charge is -2.02. The minimum atomic E-state index is -0.369. The number of aryl methyl sites for hydroxylation is 1. The molecule has 0 unspecified atom stereocenters. The van der Waals surface area contributed by atoms with E-state index in [0.717, 1.165) is 22.2 Å². The Morgan fingerprint density at radius 3 is 2.54 bits per heavy atom. The zero-order valence-electron chi connectivity index (χ0n) is 12.9. The first-order valence-corrected chi connectivity index (χ1v) is 7.43. The van der Waals surface area contributed by atoms with Crippen molar-refractivity contribution in [3.8, 4) is 22.5 Å². The monoisotopic (exact) mass is 319 g/mol. The molecule has 0 aliphatic heterocycles. The third kappa shape index (κ3) is 2.28. The van der Waals surface area contributed by atoms with Crippen LogP contribution in [-0.4, -0.2) is 19.4 Å². The third-order valence-electron chi connectivity index (χ3n) is 4.04. The number of anilines is 1. The quantitative estimate of drug-likeness (QED) is 0.614. The molecule has 0 fully saturated rings. The molecule has 0 bridgehead atoms. The molecule has 0 aromatic carbocycles. The molecule has 118 valence electrons. The Hall–Kier alpha value is -3.28. The molecular formula is C18H14FN5. The highest BCUT2D eigenvalue weighted by atomic mass is 19.1. The van der Waals surface area contributed by atoms with Crippen molar-refractivity contribution in [2.45, 2.75) is 6.92 Å². The van der Waals surface area contributed by atoms with Crippen LogP contribution in [0.2, 0.25) is 0 Å². The Morgan fingerprint density at radius 1 is 0.958 bits per heavy atom. The fraction of sp³-hybridized carbons (Fsp3) is 0.0556. The number of pyridine rings is 2. The topological polar surface area (TPSA) is 69.1 Å². The molecule has 0 aliphatic carbocycles. The number of rotatable bonds is 2. The minimum absolute atomic E-state index is 0.369. The van der Waals surface area contributed by atoms with Gasteiger partial charge in [-0.05, 0) is 36.8 Å². The zero-order chi connectivity index (χ0) is 16.7. The van der Waals surface area contributed by atoms with Gasteiger partial charge in [-0.1, -0.05) is 0 Å². The van der Waals surface area contributed by atoms with Gasteiger partial charge in [0.1, 0.15) is 17.3 Å². The second-order valence-electron chi connectivity index (χ2n) is 5.53. The van der Waals surface area contributed by atoms with Crippen molar-refractivity contribution in [3.05, 3.63) is 66.6 Å². The lowest BCUT2D eigenvalue weighted by molar-refractivity contribution is 0.622. The standard InChI is InChI=1S/C18H14FN5/c1-11-14(13-3-2-6-21-18(13)20)9-24-10-16(23-8-17(11)24)15-5-4-12(19)7-22-15/h2-10H,1H3,(H2,20,21). The van der Waals surface area contributed by atoms with Gasteiger partial charge in [0.05, 0.1) is 23.6 Å². The van der Waals surface area contributed by atoms with Crippen molar-refractivity contribution in [2.24, 2.45) is 0 Å². The SMILES string of the molecule is Cc1c(-c2cccnc2N)cn2cc(-c3ccc(F)cn3)ncc12. The van der Waals surface area contributed by atoms with Crippen LogP contribution in [-0.2, 0) is 0 Å². The van der Waals surface area contributed by atoms with E-state index in [-0.39, 0.29) is 5.82 Å². The van der Waals surface area contributed by atoms with E-state index < -0.39 is 0 Å². The van der Waals surface area contributed by atoms with E-state index in [4.69, 9.17) is 5.73 Å². The van der Waals surface area contributed by atoms with Crippen LogP contribution < -0.4 is 5.73 Å². The van der Waals surface area contributed by atoms with Gasteiger partial charge in [0.2, 0.25) is 0 Å². The van der Waals surface area contributed by atoms with E-state index in [1.54, 1.807) is 18.5 Å². The fourth-order valence-corrected chi connectivity index (χ4v) is 2.78. The van der Waals surface area contributed by atoms with E-state index in [1.165, 1.54) is 12.3 Å². The van der Waals surface area contributed by atoms with E-state index in [9.17, 15) is 4.39 Å². The first-order chi connectivity index (χ1) is 11.6. The van der Waals surface area contributed by atoms with Crippen LogP contribution >= 0.6 is 0 Å². The van der Waals surface area contributed by atoms with Gasteiger partial charge < -0.3 is 10.1 Å². The summed E-state index contributed by atoms with van der Waals surface area (Å²) in [6.07, 6.45) is 8.50. The summed E-state index contributed by atoms with van der Waals surface area (Å²) in [5.74, 6) is 0.121. The highest BCUT2D eigenvalue weighted by molar-refractivity contribution is 5.81. The molecule has 6 heteroatoms. The molecule has 5 nitrogen and oxygen atoms in total. The first-order valence-electron chi connectivity index (χ1n) is 7.43. The van der Waals surface area contributed by atoms with Crippen LogP contribution in [0.5, 0.6) is 0 Å². The number of halogens is 1. The molecule has 4 rings (SSSR count). The summed E-state index contributed by atoms with van der Waals surface area (Å²) in [5, 5.41) is 0. The van der Waals surface area contributed by atoms with Crippen molar-refractivity contribution in [2.75, 3.05) is 5.73 Å². The Kier molecular flexibility index (Phi) is 3.23. The number of hydrogen-bond acceptors (Lipinski definition) is 4. The molecule has 24 heavy (non-hydrogen) atoms. The number of aromatic nitrogens is 4. The Morgan fingerprint density at radius 2 is 1.79 bits per heavy atom. The number of nitrogen functional groups attached to an aromatic ring is 1. The maximum absolute atomic E-state index is 13.0. The fourth-order valence-electron chi connectivity index (χ4n) is 2.78. The van der Waals surface area contributed by atoms with Gasteiger partial charge in [0, 0.05) is 29.7 Å². The third-order valence-corrected chi connectivity index (χ3v) is 4.04. The average molecular weight is 319 g/mol. The van der Waals surface area contributed by atoms with Gasteiger partial charge in [0.15, 0.2) is 0 Å². The number of nitrogens with two attached hydrogens (primary N) is 1. The van der Waals surface area contributed by atoms with Crippen LogP contribution in [0, 0.1) is 12.7 Å². The Labute approximate surface area is 137 Å². The maximum Gasteiger partial charge on any atom is 0.141 e. The number of fused-ring (bicyclic) bond motifs is 1. The van der Waals surface area contributed by atoms with Crippen LogP contribution in [0.15, 0.2) is 55.2 Å². The molecule has 4 heterocycles. The van der Waals surface area contributed by atoms with Gasteiger partial charge in [-0.2, -0.15) is 0 Å². The predicted molar refractivity (Wildman–Crippen MR) is 90.8 cm³/mol. The summed E-state index contributed by atoms with van der Waals surface area (Å²) >= 11 is 0. The lowest BCUT2D eigenvalue weighted by atomic mass is 10.1. The largest absolute Gasteiger partial charge is 0.383 e. The van der Waals surface area contributed by atoms with Crippen molar-refractivity contribution in [1.82, 2.24) is 19.4 Å². The van der Waals surface area contributed by atoms with E-state index in [2.05, 4.69) is 15.0 Å². The van der Waals surface area contributed by atoms with Crippen molar-refractivity contribution < 1.29 is 4.39 Å². The van der Waals surface area contributed by atoms with E-state index in [1.807, 2.05) is 35.9 Å². The summed E-state index contributed by atoms with van der Waals surface area (Å²) in [7, 11) is 0. The first kappa shape index (κ1) is 14.3. The summed E-state index contributed by atoms with van der Waals surface area (Å²) in [6.45, 7) is 2.02. The molecule has 4 aromatic heterocycles. The zero-order valence-corrected chi connectivity index (χ0v) is 12.9. The number of nitrogens with zero attached hydrogens (tertiary/aromatic N) is 4. The minimum Gasteiger partial charge on any atom is -0.383 e. The van der Waals surface area contributed by atoms with Gasteiger partial charge in [-0.15, -0.1) is 0 Å². The van der Waals surface area contributed by atoms with Crippen LogP contribution in [0.1, 0.15) is 5.56 Å². The molecule has 0 amide bonds. The second-order valence-corrected chi connectivity index (χ2v) is 5.53. The lowest BCUT2D eigenvalue weighted by Crippen LogP contribution is -1.92. The molecule has 0 radical (unpaired) electrons. The summed E-state index contributed by atoms with van der Waals surface area (Å²) in [5.41, 5.74) is 11.2. The molecule has 0 saturated carbocycles. The molecule has 0 atom stereocenters. The van der Waals surface area contributed by atoms with Crippen molar-refractivity contribution in [1.29, 1.82) is 0 Å². The average Bonchev–Trinajstić information content (AvgIpc) is 2.92. The van der Waals surface area contributed by atoms with Gasteiger partial charge in [-0.25, -0.2) is 9.37 Å². The van der Waals surface area contributed by atoms with Crippen LogP contribution in [0.3, 0.4) is 0 Å². The highest BCUT2D eigenvalue weighted by Gasteiger charge is 2.13.